The molecule has 0 radical (unpaired) electrons. The minimum Gasteiger partial charge on any atom is -0.496 e. The van der Waals surface area contributed by atoms with E-state index in [1.165, 1.54) is 13.3 Å². The second kappa shape index (κ2) is 4.48. The predicted octanol–water partition coefficient (Wildman–Crippen LogP) is 1.67. The number of hydrogen-bond donors (Lipinski definition) is 2. The smallest absolute Gasteiger partial charge is 0.259 e. The molecule has 0 saturated carbocycles. The van der Waals surface area contributed by atoms with Crippen molar-refractivity contribution in [2.45, 2.75) is 0 Å². The van der Waals surface area contributed by atoms with Gasteiger partial charge in [-0.05, 0) is 12.1 Å². The molecule has 0 aliphatic heterocycles. The molecule has 0 bridgehead atoms. The molecule has 0 fully saturated rings. The zero-order valence-corrected chi connectivity index (χ0v) is 8.73. The van der Waals surface area contributed by atoms with Crippen molar-refractivity contribution >= 4 is 11.6 Å². The highest BCUT2D eigenvalue weighted by atomic mass is 16.5. The molecule has 5 heteroatoms. The Morgan fingerprint density at radius 1 is 1.44 bits per heavy atom. The van der Waals surface area contributed by atoms with E-state index in [1.807, 2.05) is 6.07 Å². The van der Waals surface area contributed by atoms with Crippen LogP contribution < -0.4 is 10.1 Å². The van der Waals surface area contributed by atoms with Gasteiger partial charge in [-0.15, -0.1) is 0 Å². The van der Waals surface area contributed by atoms with Crippen molar-refractivity contribution in [1.29, 1.82) is 0 Å². The van der Waals surface area contributed by atoms with Gasteiger partial charge in [-0.1, -0.05) is 12.1 Å². The summed E-state index contributed by atoms with van der Waals surface area (Å²) in [5.74, 6) is 0.322. The predicted molar refractivity (Wildman–Crippen MR) is 59.5 cm³/mol. The molecule has 0 aliphatic carbocycles. The summed E-state index contributed by atoms with van der Waals surface area (Å²) in [5, 5.41) is 9.06. The number of methoxy groups -OCH3 is 1. The van der Waals surface area contributed by atoms with E-state index < -0.39 is 0 Å². The van der Waals surface area contributed by atoms with Crippen LogP contribution in [0, 0.1) is 0 Å². The molecule has 82 valence electrons. The average molecular weight is 217 g/mol. The molecule has 0 aliphatic rings. The van der Waals surface area contributed by atoms with Crippen LogP contribution in [0.25, 0.3) is 0 Å². The number of aromatic amines is 1. The maximum absolute atomic E-state index is 11.9. The molecule has 0 spiro atoms. The Labute approximate surface area is 92.4 Å². The lowest BCUT2D eigenvalue weighted by Gasteiger charge is -2.07. The van der Waals surface area contributed by atoms with Crippen LogP contribution in [0.4, 0.5) is 5.69 Å². The number of anilines is 1. The molecular formula is C11H11N3O2. The van der Waals surface area contributed by atoms with E-state index in [4.69, 9.17) is 4.74 Å². The van der Waals surface area contributed by atoms with Gasteiger partial charge in [-0.2, -0.15) is 5.10 Å². The van der Waals surface area contributed by atoms with E-state index in [1.54, 1.807) is 24.4 Å². The van der Waals surface area contributed by atoms with Gasteiger partial charge in [-0.25, -0.2) is 0 Å². The van der Waals surface area contributed by atoms with Crippen LogP contribution in [0.3, 0.4) is 0 Å². The monoisotopic (exact) mass is 217 g/mol. The van der Waals surface area contributed by atoms with Gasteiger partial charge in [0.05, 0.1) is 24.6 Å². The zero-order chi connectivity index (χ0) is 11.4. The Kier molecular flexibility index (Phi) is 2.86. The second-order valence-corrected chi connectivity index (χ2v) is 3.14. The molecule has 16 heavy (non-hydrogen) atoms. The van der Waals surface area contributed by atoms with E-state index >= 15 is 0 Å². The summed E-state index contributed by atoms with van der Waals surface area (Å²) in [4.78, 5) is 11.9. The highest BCUT2D eigenvalue weighted by Crippen LogP contribution is 2.18. The van der Waals surface area contributed by atoms with Crippen molar-refractivity contribution in [2.75, 3.05) is 12.4 Å². The standard InChI is InChI=1S/C11H11N3O2/c1-16-10-5-3-2-4-9(10)11(15)14-8-6-12-13-7-8/h2-7H,1H3,(H,12,13)(H,14,15). The molecule has 0 atom stereocenters. The van der Waals surface area contributed by atoms with Gasteiger partial charge in [0.1, 0.15) is 5.75 Å². The number of nitrogens with zero attached hydrogens (tertiary/aromatic N) is 1. The largest absolute Gasteiger partial charge is 0.496 e. The first-order valence-electron chi connectivity index (χ1n) is 4.74. The number of carbonyl (C=O) groups excluding carboxylic acids is 1. The maximum atomic E-state index is 11.9. The fourth-order valence-electron chi connectivity index (χ4n) is 1.35. The van der Waals surface area contributed by atoms with Crippen LogP contribution in [-0.4, -0.2) is 23.2 Å². The molecule has 1 aromatic heterocycles. The van der Waals surface area contributed by atoms with Crippen molar-refractivity contribution in [3.8, 4) is 5.75 Å². The van der Waals surface area contributed by atoms with Gasteiger partial charge in [-0.3, -0.25) is 9.89 Å². The first-order chi connectivity index (χ1) is 7.81. The summed E-state index contributed by atoms with van der Waals surface area (Å²) in [5.41, 5.74) is 1.11. The summed E-state index contributed by atoms with van der Waals surface area (Å²) in [6, 6.07) is 7.04. The number of H-pyrrole nitrogens is 1. The van der Waals surface area contributed by atoms with Crippen LogP contribution in [0.1, 0.15) is 10.4 Å². The first kappa shape index (κ1) is 10.2. The molecule has 1 amide bonds. The zero-order valence-electron chi connectivity index (χ0n) is 8.73. The molecule has 2 rings (SSSR count). The SMILES string of the molecule is COc1ccccc1C(=O)Nc1cn[nH]c1. The van der Waals surface area contributed by atoms with Crippen LogP contribution in [0.15, 0.2) is 36.7 Å². The highest BCUT2D eigenvalue weighted by Gasteiger charge is 2.11. The van der Waals surface area contributed by atoms with Crippen molar-refractivity contribution in [3.05, 3.63) is 42.2 Å². The number of aromatic nitrogens is 2. The molecule has 2 N–H and O–H groups in total. The molecule has 1 aromatic carbocycles. The second-order valence-electron chi connectivity index (χ2n) is 3.14. The minimum atomic E-state index is -0.223. The summed E-state index contributed by atoms with van der Waals surface area (Å²) in [6.07, 6.45) is 3.14. The van der Waals surface area contributed by atoms with Gasteiger partial charge in [0, 0.05) is 6.20 Å². The number of ether oxygens (including phenoxy) is 1. The van der Waals surface area contributed by atoms with Crippen LogP contribution in [-0.2, 0) is 0 Å². The Bertz CT molecular complexity index is 480. The number of carbonyl (C=O) groups is 1. The van der Waals surface area contributed by atoms with Gasteiger partial charge >= 0.3 is 0 Å². The summed E-state index contributed by atoms with van der Waals surface area (Å²) in [6.45, 7) is 0. The fourth-order valence-corrected chi connectivity index (χ4v) is 1.35. The Morgan fingerprint density at radius 2 is 2.25 bits per heavy atom. The van der Waals surface area contributed by atoms with E-state index in [-0.39, 0.29) is 5.91 Å². The van der Waals surface area contributed by atoms with Gasteiger partial charge in [0.25, 0.3) is 5.91 Å². The third-order valence-corrected chi connectivity index (χ3v) is 2.11. The highest BCUT2D eigenvalue weighted by molar-refractivity contribution is 6.06. The van der Waals surface area contributed by atoms with Crippen molar-refractivity contribution in [2.24, 2.45) is 0 Å². The molecule has 5 nitrogen and oxygen atoms in total. The topological polar surface area (TPSA) is 67.0 Å². The molecule has 2 aromatic rings. The number of rotatable bonds is 3. The first-order valence-corrected chi connectivity index (χ1v) is 4.74. The van der Waals surface area contributed by atoms with E-state index in [0.717, 1.165) is 0 Å². The van der Waals surface area contributed by atoms with Gasteiger partial charge < -0.3 is 10.1 Å². The minimum absolute atomic E-state index is 0.223. The van der Waals surface area contributed by atoms with Crippen molar-refractivity contribution < 1.29 is 9.53 Å². The lowest BCUT2D eigenvalue weighted by Crippen LogP contribution is -2.12. The number of para-hydroxylation sites is 1. The Morgan fingerprint density at radius 3 is 2.94 bits per heavy atom. The Hall–Kier alpha value is -2.30. The van der Waals surface area contributed by atoms with Gasteiger partial charge in [0.15, 0.2) is 0 Å². The van der Waals surface area contributed by atoms with Crippen LogP contribution >= 0.6 is 0 Å². The third kappa shape index (κ3) is 2.03. The molecule has 0 unspecified atom stereocenters. The van der Waals surface area contributed by atoms with Gasteiger partial charge in [0.2, 0.25) is 0 Å². The van der Waals surface area contributed by atoms with E-state index in [9.17, 15) is 4.79 Å². The lowest BCUT2D eigenvalue weighted by atomic mass is 10.2. The quantitative estimate of drug-likeness (QED) is 0.821. The number of amides is 1. The number of nitrogens with one attached hydrogen (secondary N) is 2. The number of hydrogen-bond acceptors (Lipinski definition) is 3. The lowest BCUT2D eigenvalue weighted by molar-refractivity contribution is 0.102. The summed E-state index contributed by atoms with van der Waals surface area (Å²) >= 11 is 0. The number of benzene rings is 1. The molecule has 0 saturated heterocycles. The normalized spacial score (nSPS) is 9.81. The van der Waals surface area contributed by atoms with Crippen molar-refractivity contribution in [3.63, 3.8) is 0 Å². The maximum Gasteiger partial charge on any atom is 0.259 e. The summed E-state index contributed by atoms with van der Waals surface area (Å²) < 4.78 is 5.10. The van der Waals surface area contributed by atoms with Crippen molar-refractivity contribution in [1.82, 2.24) is 10.2 Å². The fraction of sp³-hybridized carbons (Fsp3) is 0.0909. The average Bonchev–Trinajstić information content (AvgIpc) is 2.81. The third-order valence-electron chi connectivity index (χ3n) is 2.11. The molecule has 1 heterocycles. The van der Waals surface area contributed by atoms with Crippen LogP contribution in [0.5, 0.6) is 5.75 Å². The molecular weight excluding hydrogens is 206 g/mol. The Balaban J connectivity index is 2.21. The summed E-state index contributed by atoms with van der Waals surface area (Å²) in [7, 11) is 1.53. The van der Waals surface area contributed by atoms with E-state index in [0.29, 0.717) is 17.0 Å². The van der Waals surface area contributed by atoms with Crippen LogP contribution in [0.2, 0.25) is 0 Å². The van der Waals surface area contributed by atoms with E-state index in [2.05, 4.69) is 15.5 Å².